The molecule has 0 nitrogen and oxygen atoms in total. The summed E-state index contributed by atoms with van der Waals surface area (Å²) in [6.45, 7) is 9.41. The molecule has 0 aliphatic heterocycles. The molecule has 0 unspecified atom stereocenters. The van der Waals surface area contributed by atoms with Crippen molar-refractivity contribution >= 4 is 15.1 Å². The average Bonchev–Trinajstić information content (AvgIpc) is 2.04. The van der Waals surface area contributed by atoms with Gasteiger partial charge in [-0.15, -0.1) is 0 Å². The van der Waals surface area contributed by atoms with Gasteiger partial charge in [-0.1, -0.05) is 0 Å². The molecule has 0 aliphatic rings. The Hall–Kier alpha value is 0.440. The predicted octanol–water partition coefficient (Wildman–Crippen LogP) is 6.58. The number of hydrogen-bond acceptors (Lipinski definition) is 0. The van der Waals surface area contributed by atoms with Crippen LogP contribution in [-0.2, 0) is 0 Å². The predicted molar refractivity (Wildman–Crippen MR) is 63.8 cm³/mol. The van der Waals surface area contributed by atoms with Gasteiger partial charge < -0.3 is 0 Å². The molecule has 0 radical (unpaired) electrons. The molecule has 0 aromatic carbocycles. The summed E-state index contributed by atoms with van der Waals surface area (Å²) in [6, 6.07) is 0. The summed E-state index contributed by atoms with van der Waals surface area (Å²) in [5.74, 6) is 0. The molecule has 0 spiro atoms. The van der Waals surface area contributed by atoms with E-state index >= 15 is 0 Å². The third-order valence-corrected chi connectivity index (χ3v) is 8.05. The van der Waals surface area contributed by atoms with Gasteiger partial charge in [0.2, 0.25) is 0 Å². The molecule has 0 saturated carbocycles. The van der Waals surface area contributed by atoms with E-state index in [0.717, 1.165) is 0 Å². The molecule has 0 aromatic rings. The van der Waals surface area contributed by atoms with E-state index in [1.165, 1.54) is 24.6 Å². The van der Waals surface area contributed by atoms with E-state index in [9.17, 15) is 25.2 Å². The van der Waals surface area contributed by atoms with Crippen molar-refractivity contribution in [3.8, 4) is 0 Å². The first-order valence-corrected chi connectivity index (χ1v) is 9.67. The molecule has 16 heavy (non-hydrogen) atoms. The molecular formula is C8H21F6P2+. The van der Waals surface area contributed by atoms with Crippen LogP contribution in [0.1, 0.15) is 29.1 Å². The second-order valence-corrected chi connectivity index (χ2v) is 10.7. The maximum atomic E-state index is 9.87. The van der Waals surface area contributed by atoms with Crippen LogP contribution in [-0.4, -0.2) is 24.6 Å². The maximum Gasteiger partial charge on any atom is 1.00 e. The van der Waals surface area contributed by atoms with E-state index in [1.54, 1.807) is 0 Å². The van der Waals surface area contributed by atoms with E-state index in [1.807, 2.05) is 0 Å². The molecule has 8 heteroatoms. The van der Waals surface area contributed by atoms with Crippen LogP contribution < -0.4 is 0 Å². The molecule has 0 saturated heterocycles. The van der Waals surface area contributed by atoms with Gasteiger partial charge in [0.05, 0.1) is 24.6 Å². The van der Waals surface area contributed by atoms with E-state index in [0.29, 0.717) is 0 Å². The quantitative estimate of drug-likeness (QED) is 0.405. The maximum absolute atomic E-state index is 10.7. The van der Waals surface area contributed by atoms with Crippen molar-refractivity contribution in [1.82, 2.24) is 0 Å². The number of halogens is 6. The Balaban J connectivity index is -0.000000224. The molecule has 0 aromatic heterocycles. The van der Waals surface area contributed by atoms with Crippen LogP contribution in [0.5, 0.6) is 0 Å². The molecule has 0 N–H and O–H groups in total. The Morgan fingerprint density at radius 2 is 0.812 bits per heavy atom. The smallest absolute Gasteiger partial charge is 1.00 e. The van der Waals surface area contributed by atoms with Crippen molar-refractivity contribution in [1.29, 1.82) is 0 Å². The molecular weight excluding hydrogens is 272 g/mol. The van der Waals surface area contributed by atoms with Crippen LogP contribution in [0.4, 0.5) is 25.2 Å². The second kappa shape index (κ2) is 4.97. The topological polar surface area (TPSA) is 0 Å². The zero-order valence-electron chi connectivity index (χ0n) is 11.0. The van der Waals surface area contributed by atoms with Crippen LogP contribution >= 0.6 is 15.1 Å². The van der Waals surface area contributed by atoms with Gasteiger partial charge in [0.15, 0.2) is 0 Å². The fraction of sp³-hybridized carbons (Fsp3) is 1.00. The largest absolute Gasteiger partial charge is 1.00 e. The van der Waals surface area contributed by atoms with Crippen molar-refractivity contribution in [2.75, 3.05) is 24.6 Å². The Labute approximate surface area is 94.9 Å². The molecule has 0 fully saturated rings. The van der Waals surface area contributed by atoms with E-state index in [4.69, 9.17) is 0 Å². The minimum atomic E-state index is -10.7. The molecule has 104 valence electrons. The molecule has 0 bridgehead atoms. The van der Waals surface area contributed by atoms with Gasteiger partial charge in [-0.3, -0.25) is 0 Å². The van der Waals surface area contributed by atoms with E-state index in [2.05, 4.69) is 27.7 Å². The van der Waals surface area contributed by atoms with E-state index in [-0.39, 0.29) is 1.43 Å². The minimum absolute atomic E-state index is 0. The minimum Gasteiger partial charge on any atom is 1.00 e. The Morgan fingerprint density at radius 3 is 0.812 bits per heavy atom. The summed E-state index contributed by atoms with van der Waals surface area (Å²) in [4.78, 5) is 0. The van der Waals surface area contributed by atoms with Gasteiger partial charge in [0, 0.05) is 7.26 Å². The molecule has 0 amide bonds. The summed E-state index contributed by atoms with van der Waals surface area (Å²) in [5.41, 5.74) is 0. The molecule has 0 rings (SSSR count). The van der Waals surface area contributed by atoms with Gasteiger partial charge in [-0.25, -0.2) is 0 Å². The van der Waals surface area contributed by atoms with Gasteiger partial charge in [0.25, 0.3) is 0 Å². The van der Waals surface area contributed by atoms with Crippen LogP contribution in [0.3, 0.4) is 0 Å². The Morgan fingerprint density at radius 1 is 0.688 bits per heavy atom. The summed E-state index contributed by atoms with van der Waals surface area (Å²) < 4.78 is 59.2. The second-order valence-electron chi connectivity index (χ2n) is 3.56. The third-order valence-electron chi connectivity index (χ3n) is 2.68. The fourth-order valence-electron chi connectivity index (χ4n) is 1.34. The zero-order valence-corrected chi connectivity index (χ0v) is 11.8. The zero-order chi connectivity index (χ0) is 13.7. The fourth-order valence-corrected chi connectivity index (χ4v) is 4.02. The first-order chi connectivity index (χ1) is 6.69. The first-order valence-electron chi connectivity index (χ1n) is 5.11. The molecule has 0 aliphatic carbocycles. The van der Waals surface area contributed by atoms with Gasteiger partial charge in [0.1, 0.15) is 0 Å². The van der Waals surface area contributed by atoms with Crippen LogP contribution in [0.25, 0.3) is 0 Å². The Kier molecular flexibility index (Phi) is 5.84. The summed E-state index contributed by atoms with van der Waals surface area (Å²) in [6.07, 6.45) is 5.82. The van der Waals surface area contributed by atoms with Crippen molar-refractivity contribution < 1.29 is 26.6 Å². The summed E-state index contributed by atoms with van der Waals surface area (Å²) in [5, 5.41) is 0. The summed E-state index contributed by atoms with van der Waals surface area (Å²) >= 11 is 0. The van der Waals surface area contributed by atoms with Crippen LogP contribution in [0.2, 0.25) is 0 Å². The van der Waals surface area contributed by atoms with Crippen LogP contribution in [0.15, 0.2) is 0 Å². The summed E-state index contributed by atoms with van der Waals surface area (Å²) in [7, 11) is -11.1. The third kappa shape index (κ3) is 16.9. The molecule has 0 heterocycles. The van der Waals surface area contributed by atoms with Crippen LogP contribution in [0, 0.1) is 0 Å². The van der Waals surface area contributed by atoms with Crippen molar-refractivity contribution in [3.05, 3.63) is 0 Å². The van der Waals surface area contributed by atoms with Crippen molar-refractivity contribution in [3.63, 3.8) is 0 Å². The first kappa shape index (κ1) is 18.8. The van der Waals surface area contributed by atoms with Gasteiger partial charge >= 0.3 is 34.4 Å². The number of hydrogen-bond donors (Lipinski definition) is 0. The standard InChI is InChI=1S/C8H20P.F6P/c1-5-9(6-2,7-3)8-4;1-7(2,3,4,5)6/h5-8H2,1-4H3;/q+1;-1/p+1. The Bertz CT molecular complexity index is 178. The molecule has 0 atom stereocenters. The van der Waals surface area contributed by atoms with E-state index < -0.39 is 15.1 Å². The van der Waals surface area contributed by atoms with Gasteiger partial charge in [-0.05, 0) is 27.7 Å². The monoisotopic (exact) mass is 293 g/mol. The average molecular weight is 293 g/mol. The SMILES string of the molecule is CC[P+](CC)(CC)CC.F[P-](F)(F)(F)(F)F.[H+]. The number of rotatable bonds is 4. The van der Waals surface area contributed by atoms with Crippen molar-refractivity contribution in [2.45, 2.75) is 27.7 Å². The normalized spacial score (nSPS) is 16.9. The van der Waals surface area contributed by atoms with Gasteiger partial charge in [-0.2, -0.15) is 0 Å². The van der Waals surface area contributed by atoms with Crippen molar-refractivity contribution in [2.24, 2.45) is 0 Å².